The van der Waals surface area contributed by atoms with Crippen LogP contribution in [0.25, 0.3) is 0 Å². The fraction of sp³-hybridized carbons (Fsp3) is 0.143. The molecule has 7 heteroatoms. The van der Waals surface area contributed by atoms with Crippen LogP contribution in [-0.2, 0) is 0 Å². The molecule has 0 bridgehead atoms. The number of pyridine rings is 1. The van der Waals surface area contributed by atoms with E-state index in [1.807, 2.05) is 0 Å². The zero-order valence-electron chi connectivity index (χ0n) is 15.3. The summed E-state index contributed by atoms with van der Waals surface area (Å²) in [7, 11) is 1.60. The summed E-state index contributed by atoms with van der Waals surface area (Å²) in [5, 5.41) is 5.80. The van der Waals surface area contributed by atoms with Crippen LogP contribution in [0.3, 0.4) is 0 Å². The average molecular weight is 381 g/mol. The highest BCUT2D eigenvalue weighted by Gasteiger charge is 2.08. The van der Waals surface area contributed by atoms with Crippen molar-refractivity contribution in [1.82, 2.24) is 10.3 Å². The molecule has 0 aliphatic carbocycles. The van der Waals surface area contributed by atoms with Crippen molar-refractivity contribution in [3.63, 3.8) is 0 Å². The van der Waals surface area contributed by atoms with E-state index in [9.17, 15) is 9.18 Å². The van der Waals surface area contributed by atoms with E-state index in [-0.39, 0.29) is 17.4 Å². The first-order valence-electron chi connectivity index (χ1n) is 8.68. The summed E-state index contributed by atoms with van der Waals surface area (Å²) in [4.78, 5) is 16.3. The van der Waals surface area contributed by atoms with Crippen molar-refractivity contribution in [2.75, 3.05) is 25.6 Å². The van der Waals surface area contributed by atoms with Gasteiger partial charge in [0.05, 0.1) is 13.7 Å². The second kappa shape index (κ2) is 9.36. The summed E-state index contributed by atoms with van der Waals surface area (Å²) in [6.45, 7) is 0.646. The van der Waals surface area contributed by atoms with Crippen molar-refractivity contribution in [3.8, 4) is 11.5 Å². The minimum absolute atomic E-state index is 0.255. The van der Waals surface area contributed by atoms with E-state index in [0.29, 0.717) is 30.3 Å². The number of benzene rings is 2. The molecular formula is C21H20FN3O3. The monoisotopic (exact) mass is 381 g/mol. The second-order valence-corrected chi connectivity index (χ2v) is 5.84. The van der Waals surface area contributed by atoms with Crippen LogP contribution in [-0.4, -0.2) is 31.2 Å². The minimum atomic E-state index is -0.339. The lowest BCUT2D eigenvalue weighted by Crippen LogP contribution is -2.28. The Hall–Kier alpha value is -3.61. The normalized spacial score (nSPS) is 10.2. The van der Waals surface area contributed by atoms with E-state index in [4.69, 9.17) is 9.47 Å². The van der Waals surface area contributed by atoms with Crippen LogP contribution in [0.1, 0.15) is 10.5 Å². The molecule has 2 N–H and O–H groups in total. The van der Waals surface area contributed by atoms with Crippen molar-refractivity contribution >= 4 is 17.3 Å². The van der Waals surface area contributed by atoms with Gasteiger partial charge in [-0.25, -0.2) is 4.39 Å². The van der Waals surface area contributed by atoms with Gasteiger partial charge >= 0.3 is 0 Å². The van der Waals surface area contributed by atoms with Crippen molar-refractivity contribution in [3.05, 3.63) is 78.4 Å². The maximum absolute atomic E-state index is 13.3. The number of nitrogens with one attached hydrogen (secondary N) is 2. The Bertz CT molecular complexity index is 932. The van der Waals surface area contributed by atoms with E-state index in [2.05, 4.69) is 15.6 Å². The summed E-state index contributed by atoms with van der Waals surface area (Å²) in [5.41, 5.74) is 1.48. The topological polar surface area (TPSA) is 72.5 Å². The van der Waals surface area contributed by atoms with Crippen LogP contribution in [0.4, 0.5) is 15.8 Å². The first-order valence-corrected chi connectivity index (χ1v) is 8.68. The van der Waals surface area contributed by atoms with E-state index >= 15 is 0 Å². The number of ether oxygens (including phenoxy) is 2. The molecule has 0 fully saturated rings. The lowest BCUT2D eigenvalue weighted by Gasteiger charge is -2.10. The van der Waals surface area contributed by atoms with Crippen LogP contribution in [0, 0.1) is 5.82 Å². The molecule has 28 heavy (non-hydrogen) atoms. The fourth-order valence-electron chi connectivity index (χ4n) is 2.46. The predicted octanol–water partition coefficient (Wildman–Crippen LogP) is 3.78. The van der Waals surface area contributed by atoms with Crippen LogP contribution in [0.15, 0.2) is 66.9 Å². The number of nitrogens with zero attached hydrogens (tertiary/aromatic N) is 1. The highest BCUT2D eigenvalue weighted by molar-refractivity contribution is 5.93. The van der Waals surface area contributed by atoms with Gasteiger partial charge in [0.1, 0.15) is 29.6 Å². The average Bonchev–Trinajstić information content (AvgIpc) is 2.72. The third-order valence-corrected chi connectivity index (χ3v) is 3.82. The molecule has 0 spiro atoms. The number of carbonyl (C=O) groups is 1. The van der Waals surface area contributed by atoms with Gasteiger partial charge in [0.15, 0.2) is 0 Å². The van der Waals surface area contributed by atoms with E-state index in [0.717, 1.165) is 5.75 Å². The van der Waals surface area contributed by atoms with Gasteiger partial charge in [0.25, 0.3) is 5.91 Å². The number of anilines is 2. The molecule has 0 unspecified atom stereocenters. The number of hydrogen-bond donors (Lipinski definition) is 2. The zero-order valence-corrected chi connectivity index (χ0v) is 15.3. The van der Waals surface area contributed by atoms with Crippen LogP contribution in [0.5, 0.6) is 11.5 Å². The third kappa shape index (κ3) is 5.44. The summed E-state index contributed by atoms with van der Waals surface area (Å²) < 4.78 is 23.9. The number of halogens is 1. The Morgan fingerprint density at radius 3 is 2.54 bits per heavy atom. The standard InChI is InChI=1S/C21H20FN3O3/c1-27-18-5-7-19(8-6-18)28-12-11-24-21(26)20-14-17(9-10-23-20)25-16-4-2-3-15(22)13-16/h2-10,13-14H,11-12H2,1H3,(H,23,25)(H,24,26). The van der Waals surface area contributed by atoms with Crippen molar-refractivity contribution in [2.45, 2.75) is 0 Å². The third-order valence-electron chi connectivity index (χ3n) is 3.82. The van der Waals surface area contributed by atoms with Crippen LogP contribution < -0.4 is 20.1 Å². The molecule has 3 aromatic rings. The molecule has 6 nitrogen and oxygen atoms in total. The Morgan fingerprint density at radius 2 is 1.79 bits per heavy atom. The zero-order chi connectivity index (χ0) is 19.8. The van der Waals surface area contributed by atoms with Gasteiger partial charge in [-0.05, 0) is 54.6 Å². The van der Waals surface area contributed by atoms with E-state index in [1.165, 1.54) is 18.3 Å². The van der Waals surface area contributed by atoms with Crippen molar-refractivity contribution < 1.29 is 18.7 Å². The first-order chi connectivity index (χ1) is 13.6. The lowest BCUT2D eigenvalue weighted by molar-refractivity contribution is 0.0942. The van der Waals surface area contributed by atoms with Gasteiger partial charge in [-0.1, -0.05) is 6.07 Å². The summed E-state index contributed by atoms with van der Waals surface area (Å²) >= 11 is 0. The Morgan fingerprint density at radius 1 is 1.04 bits per heavy atom. The van der Waals surface area contributed by atoms with Crippen LogP contribution >= 0.6 is 0 Å². The number of aromatic nitrogens is 1. The minimum Gasteiger partial charge on any atom is -0.497 e. The van der Waals surface area contributed by atoms with Gasteiger partial charge in [-0.3, -0.25) is 9.78 Å². The molecule has 2 aromatic carbocycles. The van der Waals surface area contributed by atoms with Gasteiger partial charge in [-0.15, -0.1) is 0 Å². The largest absolute Gasteiger partial charge is 0.497 e. The molecule has 1 amide bonds. The van der Waals surface area contributed by atoms with E-state index in [1.54, 1.807) is 55.6 Å². The van der Waals surface area contributed by atoms with Crippen molar-refractivity contribution in [1.29, 1.82) is 0 Å². The molecule has 3 rings (SSSR count). The number of hydrogen-bond acceptors (Lipinski definition) is 5. The highest BCUT2D eigenvalue weighted by Crippen LogP contribution is 2.18. The summed E-state index contributed by atoms with van der Waals surface area (Å²) in [6.07, 6.45) is 1.52. The molecule has 144 valence electrons. The number of amides is 1. The number of carbonyl (C=O) groups excluding carboxylic acids is 1. The quantitative estimate of drug-likeness (QED) is 0.581. The fourth-order valence-corrected chi connectivity index (χ4v) is 2.46. The lowest BCUT2D eigenvalue weighted by atomic mass is 10.2. The Kier molecular flexibility index (Phi) is 6.41. The number of rotatable bonds is 8. The Balaban J connectivity index is 1.50. The molecular weight excluding hydrogens is 361 g/mol. The molecule has 0 aliphatic heterocycles. The molecule has 1 heterocycles. The molecule has 0 atom stereocenters. The number of methoxy groups -OCH3 is 1. The smallest absolute Gasteiger partial charge is 0.270 e. The molecule has 0 saturated heterocycles. The summed E-state index contributed by atoms with van der Waals surface area (Å²) in [5.74, 6) is 0.781. The maximum Gasteiger partial charge on any atom is 0.270 e. The molecule has 0 saturated carbocycles. The highest BCUT2D eigenvalue weighted by atomic mass is 19.1. The summed E-state index contributed by atoms with van der Waals surface area (Å²) in [6, 6.07) is 16.6. The van der Waals surface area contributed by atoms with Gasteiger partial charge < -0.3 is 20.1 Å². The molecule has 0 aliphatic rings. The maximum atomic E-state index is 13.3. The molecule has 1 aromatic heterocycles. The predicted molar refractivity (Wildman–Crippen MR) is 105 cm³/mol. The van der Waals surface area contributed by atoms with Gasteiger partial charge in [0.2, 0.25) is 0 Å². The molecule has 0 radical (unpaired) electrons. The first kappa shape index (κ1) is 19.2. The van der Waals surface area contributed by atoms with Gasteiger partial charge in [-0.2, -0.15) is 0 Å². The Labute approximate surface area is 162 Å². The SMILES string of the molecule is COc1ccc(OCCNC(=O)c2cc(Nc3cccc(F)c3)ccn2)cc1. The van der Waals surface area contributed by atoms with Gasteiger partial charge in [0, 0.05) is 17.6 Å². The van der Waals surface area contributed by atoms with Crippen LogP contribution in [0.2, 0.25) is 0 Å². The second-order valence-electron chi connectivity index (χ2n) is 5.84. The van der Waals surface area contributed by atoms with Crippen molar-refractivity contribution in [2.24, 2.45) is 0 Å². The van der Waals surface area contributed by atoms with E-state index < -0.39 is 0 Å².